The molecule has 0 spiro atoms. The van der Waals surface area contributed by atoms with Crippen LogP contribution in [0.3, 0.4) is 0 Å². The Hall–Kier alpha value is 2.52. The van der Waals surface area contributed by atoms with Crippen LogP contribution in [0.2, 0.25) is 0 Å². The first kappa shape index (κ1) is 30.0. The van der Waals surface area contributed by atoms with Crippen LogP contribution in [0.15, 0.2) is 0 Å². The molecule has 0 amide bonds. The van der Waals surface area contributed by atoms with Gasteiger partial charge in [0.1, 0.15) is 0 Å². The maximum atomic E-state index is 7.94. The molecular formula is C3H16AlBNa2O2. The van der Waals surface area contributed by atoms with Crippen molar-refractivity contribution in [3.05, 3.63) is 0 Å². The van der Waals surface area contributed by atoms with Gasteiger partial charge in [-0.25, -0.2) is 0 Å². The number of methoxy groups -OCH3 is 1. The van der Waals surface area contributed by atoms with Crippen LogP contribution in [0.1, 0.15) is 0 Å². The first-order valence-corrected chi connectivity index (χ1v) is 1.51. The van der Waals surface area contributed by atoms with Crippen molar-refractivity contribution in [3.8, 4) is 0 Å². The van der Waals surface area contributed by atoms with Crippen molar-refractivity contribution in [1.29, 1.82) is 0 Å². The molecular weight excluding hydrogens is 152 g/mol. The zero-order valence-electron chi connectivity index (χ0n) is 3.27. The quantitative estimate of drug-likeness (QED) is 0.425. The van der Waals surface area contributed by atoms with E-state index in [9.17, 15) is 0 Å². The predicted octanol–water partition coefficient (Wildman–Crippen LogP) is -4.04. The number of aliphatic hydroxyl groups excluding tert-OH is 1. The Morgan fingerprint density at radius 3 is 1.67 bits per heavy atom. The van der Waals surface area contributed by atoms with E-state index in [1.807, 2.05) is 0 Å². The normalized spacial score (nSPS) is 4.67. The summed E-state index contributed by atoms with van der Waals surface area (Å²) in [5.74, 6) is 0. The second kappa shape index (κ2) is 31.3. The molecule has 0 aromatic rings. The fourth-order valence-corrected chi connectivity index (χ4v) is 0.0913. The number of hydrogen-bond donors (Lipinski definition) is 1. The van der Waals surface area contributed by atoms with Gasteiger partial charge in [-0.05, 0) is 0 Å². The topological polar surface area (TPSA) is 29.5 Å². The van der Waals surface area contributed by atoms with Gasteiger partial charge < -0.3 is 9.84 Å². The van der Waals surface area contributed by atoms with E-state index in [4.69, 9.17) is 5.11 Å². The molecule has 0 unspecified atom stereocenters. The summed E-state index contributed by atoms with van der Waals surface area (Å²) in [6.07, 6.45) is 0. The van der Waals surface area contributed by atoms with Crippen LogP contribution >= 0.6 is 0 Å². The van der Waals surface area contributed by atoms with Crippen molar-refractivity contribution >= 4 is 84.9 Å². The Labute approximate surface area is 113 Å². The zero-order chi connectivity index (χ0) is 4.12. The van der Waals surface area contributed by atoms with Crippen LogP contribution in [0, 0.1) is 0 Å². The molecule has 1 N–H and O–H groups in total. The Bertz CT molecular complexity index is 27.3. The number of ether oxygens (including phenoxy) is 1. The maximum absolute atomic E-state index is 7.94. The minimum absolute atomic E-state index is 0. The standard InChI is InChI=1S/C3H8O2.Al.BH3.2Na.5H/c1-5-3-2-4;;;;;;;;;/h4H,2-3H2,1H3;;1H3;;;;;;;. The van der Waals surface area contributed by atoms with Crippen molar-refractivity contribution in [2.45, 2.75) is 0 Å². The second-order valence-corrected chi connectivity index (χ2v) is 0.716. The van der Waals surface area contributed by atoms with Gasteiger partial charge in [0.15, 0.2) is 17.4 Å². The SMILES string of the molecule is B.COCCO.[AlH3].[NaH].[NaH]. The molecule has 0 fully saturated rings. The third-order valence-electron chi connectivity index (χ3n) is 0.295. The van der Waals surface area contributed by atoms with Crippen LogP contribution in [0.4, 0.5) is 0 Å². The fourth-order valence-electron chi connectivity index (χ4n) is 0.0913. The predicted molar refractivity (Wildman–Crippen MR) is 53.1 cm³/mol. The molecule has 0 aromatic carbocycles. The summed E-state index contributed by atoms with van der Waals surface area (Å²) in [5.41, 5.74) is 0. The van der Waals surface area contributed by atoms with Gasteiger partial charge in [-0.3, -0.25) is 0 Å². The van der Waals surface area contributed by atoms with Gasteiger partial charge in [0, 0.05) is 7.11 Å². The van der Waals surface area contributed by atoms with E-state index in [-0.39, 0.29) is 91.5 Å². The molecule has 9 heavy (non-hydrogen) atoms. The Kier molecular flexibility index (Phi) is 104. The first-order valence-electron chi connectivity index (χ1n) is 1.51. The summed E-state index contributed by atoms with van der Waals surface area (Å²) < 4.78 is 4.44. The van der Waals surface area contributed by atoms with Gasteiger partial charge in [0.25, 0.3) is 0 Å². The van der Waals surface area contributed by atoms with E-state index in [0.29, 0.717) is 6.61 Å². The van der Waals surface area contributed by atoms with Gasteiger partial charge in [-0.2, -0.15) is 0 Å². The van der Waals surface area contributed by atoms with Crippen LogP contribution in [-0.4, -0.2) is 110 Å². The van der Waals surface area contributed by atoms with Crippen molar-refractivity contribution in [3.63, 3.8) is 0 Å². The molecule has 6 heteroatoms. The first-order chi connectivity index (χ1) is 2.41. The van der Waals surface area contributed by atoms with Crippen LogP contribution in [-0.2, 0) is 4.74 Å². The molecule has 0 saturated carbocycles. The molecule has 0 rings (SSSR count). The molecule has 0 radical (unpaired) electrons. The van der Waals surface area contributed by atoms with E-state index in [1.165, 1.54) is 0 Å². The number of aliphatic hydroxyl groups is 1. The zero-order valence-corrected chi connectivity index (χ0v) is 3.27. The molecule has 0 aromatic heterocycles. The van der Waals surface area contributed by atoms with Crippen molar-refractivity contribution in [2.24, 2.45) is 0 Å². The van der Waals surface area contributed by atoms with Gasteiger partial charge >= 0.3 is 59.1 Å². The number of rotatable bonds is 2. The van der Waals surface area contributed by atoms with E-state index in [1.54, 1.807) is 7.11 Å². The summed E-state index contributed by atoms with van der Waals surface area (Å²) in [6.45, 7) is 0.566. The minimum atomic E-state index is 0. The average Bonchev–Trinajstić information content (AvgIpc) is 1.41. The van der Waals surface area contributed by atoms with Crippen molar-refractivity contribution < 1.29 is 9.84 Å². The van der Waals surface area contributed by atoms with E-state index >= 15 is 0 Å². The van der Waals surface area contributed by atoms with Gasteiger partial charge in [-0.1, -0.05) is 0 Å². The molecule has 2 nitrogen and oxygen atoms in total. The van der Waals surface area contributed by atoms with E-state index in [2.05, 4.69) is 4.74 Å². The Morgan fingerprint density at radius 2 is 1.67 bits per heavy atom. The molecule has 0 atom stereocenters. The van der Waals surface area contributed by atoms with Crippen molar-refractivity contribution in [2.75, 3.05) is 20.3 Å². The molecule has 0 saturated heterocycles. The van der Waals surface area contributed by atoms with E-state index in [0.717, 1.165) is 0 Å². The number of hydrogen-bond acceptors (Lipinski definition) is 2. The average molecular weight is 168 g/mol. The van der Waals surface area contributed by atoms with Crippen LogP contribution in [0.5, 0.6) is 0 Å². The fraction of sp³-hybridized carbons (Fsp3) is 1.00. The molecule has 0 aliphatic heterocycles. The molecule has 0 bridgehead atoms. The summed E-state index contributed by atoms with van der Waals surface area (Å²) in [6, 6.07) is 0. The molecule has 0 heterocycles. The molecule has 48 valence electrons. The Balaban J connectivity index is -0.0000000133. The van der Waals surface area contributed by atoms with Gasteiger partial charge in [0.05, 0.1) is 21.6 Å². The molecule has 0 aliphatic carbocycles. The monoisotopic (exact) mass is 168 g/mol. The van der Waals surface area contributed by atoms with Crippen LogP contribution < -0.4 is 0 Å². The van der Waals surface area contributed by atoms with Crippen LogP contribution in [0.25, 0.3) is 0 Å². The third-order valence-corrected chi connectivity index (χ3v) is 0.295. The second-order valence-electron chi connectivity index (χ2n) is 0.716. The summed E-state index contributed by atoms with van der Waals surface area (Å²) in [4.78, 5) is 0. The van der Waals surface area contributed by atoms with E-state index < -0.39 is 0 Å². The Morgan fingerprint density at radius 1 is 1.33 bits per heavy atom. The summed E-state index contributed by atoms with van der Waals surface area (Å²) >= 11 is 0. The van der Waals surface area contributed by atoms with Gasteiger partial charge in [0.2, 0.25) is 0 Å². The summed E-state index contributed by atoms with van der Waals surface area (Å²) in [5, 5.41) is 7.94. The van der Waals surface area contributed by atoms with Crippen molar-refractivity contribution in [1.82, 2.24) is 0 Å². The molecule has 0 aliphatic rings. The summed E-state index contributed by atoms with van der Waals surface area (Å²) in [7, 11) is 1.55. The van der Waals surface area contributed by atoms with Gasteiger partial charge in [-0.15, -0.1) is 0 Å². The third kappa shape index (κ3) is 37.4.